The zero-order chi connectivity index (χ0) is 16.1. The minimum absolute atomic E-state index is 0.00385. The Morgan fingerprint density at radius 3 is 2.68 bits per heavy atom. The lowest BCUT2D eigenvalue weighted by Gasteiger charge is -2.24. The van der Waals surface area contributed by atoms with Crippen LogP contribution in [-0.2, 0) is 14.3 Å². The summed E-state index contributed by atoms with van der Waals surface area (Å²) in [6.07, 6.45) is 2.08. The molecular weight excluding hydrogens is 278 g/mol. The summed E-state index contributed by atoms with van der Waals surface area (Å²) in [5, 5.41) is 0. The second-order valence-electron chi connectivity index (χ2n) is 5.49. The number of benzene rings is 1. The van der Waals surface area contributed by atoms with E-state index in [2.05, 4.69) is 0 Å². The first kappa shape index (κ1) is 16.3. The van der Waals surface area contributed by atoms with Gasteiger partial charge in [0.25, 0.3) is 0 Å². The van der Waals surface area contributed by atoms with Crippen LogP contribution in [0.1, 0.15) is 38.8 Å². The third-order valence-corrected chi connectivity index (χ3v) is 4.14. The molecule has 22 heavy (non-hydrogen) atoms. The van der Waals surface area contributed by atoms with Crippen molar-refractivity contribution in [2.75, 3.05) is 13.2 Å². The van der Waals surface area contributed by atoms with Crippen LogP contribution in [0.25, 0.3) is 0 Å². The van der Waals surface area contributed by atoms with Crippen molar-refractivity contribution in [1.82, 2.24) is 4.90 Å². The number of carbonyl (C=O) groups excluding carboxylic acids is 2. The quantitative estimate of drug-likeness (QED) is 0.620. The zero-order valence-corrected chi connectivity index (χ0v) is 13.4. The van der Waals surface area contributed by atoms with Crippen LogP contribution in [0.2, 0.25) is 0 Å². The summed E-state index contributed by atoms with van der Waals surface area (Å²) in [6.45, 7) is 6.59. The Balaban J connectivity index is 2.15. The van der Waals surface area contributed by atoms with Crippen molar-refractivity contribution in [2.24, 2.45) is 5.92 Å². The van der Waals surface area contributed by atoms with E-state index in [1.165, 1.54) is 0 Å². The minimum atomic E-state index is -0.242. The number of allylic oxidation sites excluding steroid dienone is 1. The van der Waals surface area contributed by atoms with E-state index in [0.29, 0.717) is 13.2 Å². The molecule has 4 heteroatoms. The number of carbonyl (C=O) groups is 2. The van der Waals surface area contributed by atoms with Gasteiger partial charge in [-0.1, -0.05) is 36.4 Å². The van der Waals surface area contributed by atoms with Crippen LogP contribution in [0.3, 0.4) is 0 Å². The van der Waals surface area contributed by atoms with Crippen molar-refractivity contribution in [3.8, 4) is 0 Å². The van der Waals surface area contributed by atoms with Crippen LogP contribution in [0, 0.1) is 5.92 Å². The summed E-state index contributed by atoms with van der Waals surface area (Å²) < 4.78 is 5.02. The topological polar surface area (TPSA) is 46.6 Å². The van der Waals surface area contributed by atoms with Gasteiger partial charge in [0.1, 0.15) is 0 Å². The van der Waals surface area contributed by atoms with Crippen LogP contribution < -0.4 is 0 Å². The molecule has 0 saturated carbocycles. The predicted molar refractivity (Wildman–Crippen MR) is 85.1 cm³/mol. The van der Waals surface area contributed by atoms with Crippen molar-refractivity contribution >= 4 is 11.9 Å². The molecule has 2 atom stereocenters. The molecule has 118 valence electrons. The molecule has 0 spiro atoms. The van der Waals surface area contributed by atoms with E-state index in [1.807, 2.05) is 55.2 Å². The van der Waals surface area contributed by atoms with E-state index in [1.54, 1.807) is 6.92 Å². The maximum absolute atomic E-state index is 12.6. The van der Waals surface area contributed by atoms with Crippen molar-refractivity contribution in [1.29, 1.82) is 0 Å². The molecule has 0 aliphatic carbocycles. The smallest absolute Gasteiger partial charge is 0.306 e. The molecule has 1 aliphatic rings. The fourth-order valence-electron chi connectivity index (χ4n) is 2.96. The van der Waals surface area contributed by atoms with E-state index in [0.717, 1.165) is 11.1 Å². The minimum Gasteiger partial charge on any atom is -0.466 e. The highest BCUT2D eigenvalue weighted by atomic mass is 16.5. The summed E-state index contributed by atoms with van der Waals surface area (Å²) in [7, 11) is 0. The molecule has 1 aliphatic heterocycles. The normalized spacial score (nSPS) is 21.2. The summed E-state index contributed by atoms with van der Waals surface area (Å²) in [5.41, 5.74) is 1.82. The second kappa shape index (κ2) is 7.25. The van der Waals surface area contributed by atoms with Gasteiger partial charge in [-0.15, -0.1) is 0 Å². The fourth-order valence-corrected chi connectivity index (χ4v) is 2.96. The van der Waals surface area contributed by atoms with Crippen LogP contribution >= 0.6 is 0 Å². The molecule has 0 N–H and O–H groups in total. The molecular formula is C18H23NO3. The Hall–Kier alpha value is -2.10. The van der Waals surface area contributed by atoms with E-state index in [-0.39, 0.29) is 30.3 Å². The van der Waals surface area contributed by atoms with E-state index >= 15 is 0 Å². The highest BCUT2D eigenvalue weighted by Gasteiger charge is 2.38. The first-order valence-electron chi connectivity index (χ1n) is 7.76. The molecule has 0 aromatic heterocycles. The van der Waals surface area contributed by atoms with Crippen LogP contribution in [0.4, 0.5) is 0 Å². The lowest BCUT2D eigenvalue weighted by Crippen LogP contribution is -2.29. The van der Waals surface area contributed by atoms with Gasteiger partial charge in [-0.05, 0) is 26.3 Å². The number of hydrogen-bond donors (Lipinski definition) is 0. The van der Waals surface area contributed by atoms with Crippen LogP contribution in [0.5, 0.6) is 0 Å². The van der Waals surface area contributed by atoms with Crippen molar-refractivity contribution in [3.05, 3.63) is 47.5 Å². The average molecular weight is 301 g/mol. The van der Waals surface area contributed by atoms with Crippen molar-refractivity contribution in [3.63, 3.8) is 0 Å². The molecule has 1 aromatic rings. The highest BCUT2D eigenvalue weighted by Crippen LogP contribution is 2.33. The molecule has 1 fully saturated rings. The summed E-state index contributed by atoms with van der Waals surface area (Å²) >= 11 is 0. The van der Waals surface area contributed by atoms with Gasteiger partial charge in [-0.25, -0.2) is 0 Å². The predicted octanol–water partition coefficient (Wildman–Crippen LogP) is 3.11. The first-order valence-corrected chi connectivity index (χ1v) is 7.76. The summed E-state index contributed by atoms with van der Waals surface area (Å²) in [5.74, 6) is -0.301. The molecule has 4 nitrogen and oxygen atoms in total. The molecule has 1 saturated heterocycles. The number of ether oxygens (including phenoxy) is 1. The van der Waals surface area contributed by atoms with Gasteiger partial charge in [0.15, 0.2) is 0 Å². The van der Waals surface area contributed by atoms with Crippen LogP contribution in [-0.4, -0.2) is 29.9 Å². The lowest BCUT2D eigenvalue weighted by atomic mass is 9.99. The number of amides is 1. The fraction of sp³-hybridized carbons (Fsp3) is 0.444. The van der Waals surface area contributed by atoms with Crippen molar-refractivity contribution < 1.29 is 14.3 Å². The Labute approximate surface area is 131 Å². The van der Waals surface area contributed by atoms with E-state index < -0.39 is 0 Å². The van der Waals surface area contributed by atoms with Gasteiger partial charge >= 0.3 is 5.97 Å². The third kappa shape index (κ3) is 3.38. The van der Waals surface area contributed by atoms with E-state index in [4.69, 9.17) is 4.74 Å². The van der Waals surface area contributed by atoms with Crippen molar-refractivity contribution in [2.45, 2.75) is 33.2 Å². The molecule has 1 amide bonds. The number of rotatable bonds is 5. The standard InChI is InChI=1S/C18H23NO3/c1-4-16-15(11-17(20)22-5-2)12-19(18(16)21)13(3)14-9-7-6-8-10-14/h4,6-10,13,15H,5,11-12H2,1-3H3/b16-4-/t13-,15+/m1/s1. The second-order valence-corrected chi connectivity index (χ2v) is 5.49. The molecule has 0 radical (unpaired) electrons. The number of likely N-dealkylation sites (tertiary alicyclic amines) is 1. The van der Waals surface area contributed by atoms with Gasteiger partial charge in [-0.2, -0.15) is 0 Å². The average Bonchev–Trinajstić information content (AvgIpc) is 2.83. The molecule has 2 rings (SSSR count). The maximum Gasteiger partial charge on any atom is 0.306 e. The van der Waals surface area contributed by atoms with Gasteiger partial charge in [0, 0.05) is 18.0 Å². The molecule has 1 heterocycles. The largest absolute Gasteiger partial charge is 0.466 e. The molecule has 1 aromatic carbocycles. The van der Waals surface area contributed by atoms with E-state index in [9.17, 15) is 9.59 Å². The Morgan fingerprint density at radius 2 is 2.09 bits per heavy atom. The lowest BCUT2D eigenvalue weighted by molar-refractivity contribution is -0.143. The maximum atomic E-state index is 12.6. The number of esters is 1. The number of nitrogens with zero attached hydrogens (tertiary/aromatic N) is 1. The zero-order valence-electron chi connectivity index (χ0n) is 13.4. The third-order valence-electron chi connectivity index (χ3n) is 4.14. The molecule has 0 bridgehead atoms. The Bertz CT molecular complexity index is 565. The van der Waals surface area contributed by atoms with Gasteiger partial charge < -0.3 is 9.64 Å². The highest BCUT2D eigenvalue weighted by molar-refractivity contribution is 5.97. The van der Waals surface area contributed by atoms with Crippen LogP contribution in [0.15, 0.2) is 42.0 Å². The molecule has 0 unspecified atom stereocenters. The first-order chi connectivity index (χ1) is 10.6. The summed E-state index contributed by atoms with van der Waals surface area (Å²) in [4.78, 5) is 26.2. The summed E-state index contributed by atoms with van der Waals surface area (Å²) in [6, 6.07) is 9.94. The Morgan fingerprint density at radius 1 is 1.41 bits per heavy atom. The van der Waals surface area contributed by atoms with Gasteiger partial charge in [0.2, 0.25) is 5.91 Å². The van der Waals surface area contributed by atoms with Gasteiger partial charge in [0.05, 0.1) is 19.1 Å². The monoisotopic (exact) mass is 301 g/mol. The SMILES string of the molecule is C/C=C1\C(=O)N([C@H](C)c2ccccc2)C[C@@H]1CC(=O)OCC. The Kier molecular flexibility index (Phi) is 5.36. The van der Waals surface area contributed by atoms with Gasteiger partial charge in [-0.3, -0.25) is 9.59 Å². The number of hydrogen-bond acceptors (Lipinski definition) is 3.